The van der Waals surface area contributed by atoms with Gasteiger partial charge in [-0.1, -0.05) is 78.9 Å². The summed E-state index contributed by atoms with van der Waals surface area (Å²) in [7, 11) is 3.92. The van der Waals surface area contributed by atoms with Crippen molar-refractivity contribution in [3.63, 3.8) is 0 Å². The van der Waals surface area contributed by atoms with Crippen LogP contribution < -0.4 is 15.6 Å². The molecule has 0 saturated heterocycles. The van der Waals surface area contributed by atoms with Crippen LogP contribution in [0.25, 0.3) is 17.0 Å². The van der Waals surface area contributed by atoms with Gasteiger partial charge in [0.2, 0.25) is 0 Å². The van der Waals surface area contributed by atoms with Crippen LogP contribution >= 0.6 is 0 Å². The monoisotopic (exact) mass is 541 g/mol. The molecule has 41 heavy (non-hydrogen) atoms. The van der Waals surface area contributed by atoms with Gasteiger partial charge < -0.3 is 14.8 Å². The van der Waals surface area contributed by atoms with Crippen LogP contribution in [0, 0.1) is 0 Å². The minimum atomic E-state index is -0.532. The minimum absolute atomic E-state index is 0.0834. The van der Waals surface area contributed by atoms with E-state index in [2.05, 4.69) is 38.6 Å². The zero-order valence-corrected chi connectivity index (χ0v) is 23.0. The predicted molar refractivity (Wildman–Crippen MR) is 166 cm³/mol. The lowest BCUT2D eigenvalue weighted by molar-refractivity contribution is -0.117. The Morgan fingerprint density at radius 1 is 0.829 bits per heavy atom. The van der Waals surface area contributed by atoms with Gasteiger partial charge in [-0.15, -0.1) is 0 Å². The molecule has 4 aromatic carbocycles. The molecule has 2 N–H and O–H groups in total. The van der Waals surface area contributed by atoms with Gasteiger partial charge in [-0.05, 0) is 47.5 Å². The van der Waals surface area contributed by atoms with Gasteiger partial charge in [0.1, 0.15) is 5.70 Å². The Labute approximate surface area is 239 Å². The van der Waals surface area contributed by atoms with Crippen molar-refractivity contribution in [2.24, 2.45) is 5.10 Å². The SMILES string of the molecule is CN(C)c1ccc(C=C(NC(=O)c2ccccc2)C(=O)NN=Cc2cn(Cc3ccccc3)c3ccccc23)cc1. The summed E-state index contributed by atoms with van der Waals surface area (Å²) in [5, 5.41) is 8.03. The fourth-order valence-electron chi connectivity index (χ4n) is 4.49. The zero-order chi connectivity index (χ0) is 28.6. The molecular formula is C34H31N5O2. The number of hydrazone groups is 1. The zero-order valence-electron chi connectivity index (χ0n) is 23.0. The van der Waals surface area contributed by atoms with E-state index >= 15 is 0 Å². The summed E-state index contributed by atoms with van der Waals surface area (Å²) in [5.74, 6) is -0.917. The van der Waals surface area contributed by atoms with Crippen LogP contribution in [0.5, 0.6) is 0 Å². The van der Waals surface area contributed by atoms with E-state index in [0.717, 1.165) is 27.7 Å². The lowest BCUT2D eigenvalue weighted by Crippen LogP contribution is -2.32. The van der Waals surface area contributed by atoms with Crippen molar-refractivity contribution >= 4 is 40.7 Å². The number of carbonyl (C=O) groups excluding carboxylic acids is 2. The largest absolute Gasteiger partial charge is 0.378 e. The molecule has 0 saturated carbocycles. The molecule has 0 bridgehead atoms. The quantitative estimate of drug-likeness (QED) is 0.143. The summed E-state index contributed by atoms with van der Waals surface area (Å²) in [6.07, 6.45) is 5.29. The van der Waals surface area contributed by atoms with Crippen molar-refractivity contribution in [1.29, 1.82) is 0 Å². The summed E-state index contributed by atoms with van der Waals surface area (Å²) in [6, 6.07) is 34.8. The number of aromatic nitrogens is 1. The average molecular weight is 542 g/mol. The van der Waals surface area contributed by atoms with E-state index in [1.807, 2.05) is 91.9 Å². The van der Waals surface area contributed by atoms with Crippen molar-refractivity contribution in [2.45, 2.75) is 6.54 Å². The molecular weight excluding hydrogens is 510 g/mol. The number of hydrogen-bond acceptors (Lipinski definition) is 4. The molecule has 0 aliphatic rings. The first-order valence-electron chi connectivity index (χ1n) is 13.3. The van der Waals surface area contributed by atoms with Crippen LogP contribution in [-0.4, -0.2) is 36.7 Å². The number of para-hydroxylation sites is 1. The standard InChI is InChI=1S/C34H31N5O2/c1-38(2)29-19-17-25(18-20-29)21-31(36-33(40)27-13-7-4-8-14-27)34(41)37-35-22-28-24-39(23-26-11-5-3-6-12-26)32-16-10-9-15-30(28)32/h3-22,24H,23H2,1-2H3,(H,36,40)(H,37,41). The summed E-state index contributed by atoms with van der Waals surface area (Å²) >= 11 is 0. The second-order valence-electron chi connectivity index (χ2n) is 9.78. The molecule has 5 aromatic rings. The van der Waals surface area contributed by atoms with E-state index in [4.69, 9.17) is 0 Å². The molecule has 1 heterocycles. The topological polar surface area (TPSA) is 78.7 Å². The molecule has 7 nitrogen and oxygen atoms in total. The molecule has 5 rings (SSSR count). The number of benzene rings is 4. The minimum Gasteiger partial charge on any atom is -0.378 e. The van der Waals surface area contributed by atoms with E-state index in [9.17, 15) is 9.59 Å². The summed E-state index contributed by atoms with van der Waals surface area (Å²) in [5.41, 5.74) is 8.04. The maximum atomic E-state index is 13.3. The Morgan fingerprint density at radius 2 is 1.49 bits per heavy atom. The van der Waals surface area contributed by atoms with Crippen LogP contribution in [0.15, 0.2) is 126 Å². The summed E-state index contributed by atoms with van der Waals surface area (Å²) < 4.78 is 2.16. The van der Waals surface area contributed by atoms with Crippen LogP contribution in [0.3, 0.4) is 0 Å². The van der Waals surface area contributed by atoms with E-state index in [-0.39, 0.29) is 11.6 Å². The number of nitrogens with one attached hydrogen (secondary N) is 2. The van der Waals surface area contributed by atoms with Crippen LogP contribution in [0.1, 0.15) is 27.0 Å². The third-order valence-corrected chi connectivity index (χ3v) is 6.63. The first kappa shape index (κ1) is 27.1. The molecule has 2 amide bonds. The number of amides is 2. The van der Waals surface area contributed by atoms with Crippen LogP contribution in [0.2, 0.25) is 0 Å². The van der Waals surface area contributed by atoms with Crippen molar-refractivity contribution in [1.82, 2.24) is 15.3 Å². The van der Waals surface area contributed by atoms with Gasteiger partial charge in [-0.2, -0.15) is 5.10 Å². The third kappa shape index (κ3) is 6.78. The van der Waals surface area contributed by atoms with Gasteiger partial charge in [-0.25, -0.2) is 5.43 Å². The molecule has 0 radical (unpaired) electrons. The van der Waals surface area contributed by atoms with Crippen molar-refractivity contribution < 1.29 is 9.59 Å². The number of rotatable bonds is 9. The molecule has 7 heteroatoms. The normalized spacial score (nSPS) is 11.5. The van der Waals surface area contributed by atoms with Gasteiger partial charge in [0.25, 0.3) is 11.8 Å². The molecule has 0 fully saturated rings. The Bertz CT molecular complexity index is 1700. The number of carbonyl (C=O) groups is 2. The second-order valence-corrected chi connectivity index (χ2v) is 9.78. The number of anilines is 1. The van der Waals surface area contributed by atoms with Crippen molar-refractivity contribution in [3.05, 3.63) is 143 Å². The highest BCUT2D eigenvalue weighted by atomic mass is 16.2. The van der Waals surface area contributed by atoms with E-state index in [0.29, 0.717) is 12.1 Å². The summed E-state index contributed by atoms with van der Waals surface area (Å²) in [6.45, 7) is 0.715. The first-order chi connectivity index (χ1) is 20.0. The van der Waals surface area contributed by atoms with Gasteiger partial charge in [0, 0.05) is 54.6 Å². The highest BCUT2D eigenvalue weighted by molar-refractivity contribution is 6.06. The molecule has 0 unspecified atom stereocenters. The molecule has 0 atom stereocenters. The maximum absolute atomic E-state index is 13.3. The summed E-state index contributed by atoms with van der Waals surface area (Å²) in [4.78, 5) is 28.2. The average Bonchev–Trinajstić information content (AvgIpc) is 3.35. The Kier molecular flexibility index (Phi) is 8.35. The van der Waals surface area contributed by atoms with Gasteiger partial charge in [-0.3, -0.25) is 9.59 Å². The van der Waals surface area contributed by atoms with Crippen molar-refractivity contribution in [3.8, 4) is 0 Å². The second kappa shape index (κ2) is 12.6. The molecule has 0 spiro atoms. The van der Waals surface area contributed by atoms with Gasteiger partial charge in [0.15, 0.2) is 0 Å². The highest BCUT2D eigenvalue weighted by Crippen LogP contribution is 2.21. The van der Waals surface area contributed by atoms with E-state index in [1.54, 1.807) is 36.6 Å². The smallest absolute Gasteiger partial charge is 0.287 e. The highest BCUT2D eigenvalue weighted by Gasteiger charge is 2.15. The third-order valence-electron chi connectivity index (χ3n) is 6.63. The Morgan fingerprint density at radius 3 is 2.20 bits per heavy atom. The lowest BCUT2D eigenvalue weighted by atomic mass is 10.1. The molecule has 0 aliphatic heterocycles. The van der Waals surface area contributed by atoms with Crippen LogP contribution in [0.4, 0.5) is 5.69 Å². The predicted octanol–water partition coefficient (Wildman–Crippen LogP) is 5.68. The Balaban J connectivity index is 1.38. The van der Waals surface area contributed by atoms with E-state index in [1.165, 1.54) is 5.56 Å². The van der Waals surface area contributed by atoms with Crippen molar-refractivity contribution in [2.75, 3.05) is 19.0 Å². The number of nitrogens with zero attached hydrogens (tertiary/aromatic N) is 3. The molecule has 0 aliphatic carbocycles. The molecule has 204 valence electrons. The van der Waals surface area contributed by atoms with Gasteiger partial charge in [0.05, 0.1) is 6.21 Å². The van der Waals surface area contributed by atoms with Gasteiger partial charge >= 0.3 is 0 Å². The fraction of sp³-hybridized carbons (Fsp3) is 0.0882. The fourth-order valence-corrected chi connectivity index (χ4v) is 4.49. The number of fused-ring (bicyclic) bond motifs is 1. The lowest BCUT2D eigenvalue weighted by Gasteiger charge is -2.12. The molecule has 1 aromatic heterocycles. The first-order valence-corrected chi connectivity index (χ1v) is 13.3. The maximum Gasteiger partial charge on any atom is 0.287 e. The Hall–Kier alpha value is -5.43. The van der Waals surface area contributed by atoms with E-state index < -0.39 is 5.91 Å². The van der Waals surface area contributed by atoms with Crippen LogP contribution in [-0.2, 0) is 11.3 Å². The number of hydrogen-bond donors (Lipinski definition) is 2.